The molecule has 0 radical (unpaired) electrons. The van der Waals surface area contributed by atoms with E-state index >= 15 is 0 Å². The first-order valence-electron chi connectivity index (χ1n) is 10.5. The molecule has 0 N–H and O–H groups in total. The molecule has 3 heterocycles. The average molecular weight is 373 g/mol. The predicted octanol–water partition coefficient (Wildman–Crippen LogP) is 2.87. The lowest BCUT2D eigenvalue weighted by atomic mass is 9.62. The number of aromatic nitrogens is 1. The van der Waals surface area contributed by atoms with Gasteiger partial charge in [0, 0.05) is 38.2 Å². The van der Waals surface area contributed by atoms with Crippen LogP contribution in [-0.4, -0.2) is 52.9 Å². The molecule has 1 atom stereocenters. The zero-order valence-corrected chi connectivity index (χ0v) is 16.6. The van der Waals surface area contributed by atoms with E-state index in [0.29, 0.717) is 24.7 Å². The first-order chi connectivity index (χ1) is 13.0. The topological polar surface area (TPSA) is 66.7 Å². The Kier molecular flexibility index (Phi) is 4.99. The summed E-state index contributed by atoms with van der Waals surface area (Å²) in [5.41, 5.74) is 2.00. The predicted molar refractivity (Wildman–Crippen MR) is 101 cm³/mol. The van der Waals surface area contributed by atoms with Crippen molar-refractivity contribution in [1.82, 2.24) is 15.0 Å². The van der Waals surface area contributed by atoms with E-state index in [2.05, 4.69) is 5.16 Å². The van der Waals surface area contributed by atoms with Crippen LogP contribution in [0.1, 0.15) is 62.0 Å². The van der Waals surface area contributed by atoms with Crippen LogP contribution in [0, 0.1) is 25.2 Å². The van der Waals surface area contributed by atoms with Crippen molar-refractivity contribution in [3.05, 3.63) is 17.0 Å². The fourth-order valence-corrected chi connectivity index (χ4v) is 5.26. The van der Waals surface area contributed by atoms with Gasteiger partial charge in [-0.3, -0.25) is 9.59 Å². The third kappa shape index (κ3) is 3.50. The van der Waals surface area contributed by atoms with E-state index < -0.39 is 0 Å². The number of nitrogens with zero attached hydrogens (tertiary/aromatic N) is 3. The van der Waals surface area contributed by atoms with Gasteiger partial charge in [-0.1, -0.05) is 11.6 Å². The van der Waals surface area contributed by atoms with Crippen molar-refractivity contribution in [2.24, 2.45) is 11.3 Å². The minimum absolute atomic E-state index is 0.170. The Morgan fingerprint density at radius 3 is 2.44 bits per heavy atom. The van der Waals surface area contributed by atoms with Gasteiger partial charge in [0.2, 0.25) is 11.8 Å². The number of likely N-dealkylation sites (tertiary alicyclic amines) is 2. The molecule has 0 aromatic carbocycles. The maximum atomic E-state index is 12.9. The second kappa shape index (κ2) is 7.28. The highest BCUT2D eigenvalue weighted by molar-refractivity contribution is 5.80. The molecule has 2 aliphatic heterocycles. The van der Waals surface area contributed by atoms with Crippen molar-refractivity contribution in [3.8, 4) is 0 Å². The van der Waals surface area contributed by atoms with Crippen LogP contribution >= 0.6 is 0 Å². The summed E-state index contributed by atoms with van der Waals surface area (Å²) in [7, 11) is 0. The molecule has 0 bridgehead atoms. The minimum atomic E-state index is 0.170. The molecule has 2 amide bonds. The van der Waals surface area contributed by atoms with Gasteiger partial charge in [-0.15, -0.1) is 0 Å². The van der Waals surface area contributed by atoms with E-state index in [1.807, 2.05) is 23.6 Å². The summed E-state index contributed by atoms with van der Waals surface area (Å²) < 4.78 is 5.20. The second-order valence-corrected chi connectivity index (χ2v) is 8.79. The van der Waals surface area contributed by atoms with Gasteiger partial charge in [0.15, 0.2) is 0 Å². The molecular weight excluding hydrogens is 342 g/mol. The SMILES string of the molecule is Cc1noc(C)c1CC(=O)N1CC(CCC(=O)N2CCCC2)C2(CCC2)C1. The Hall–Kier alpha value is -1.85. The number of hydrogen-bond donors (Lipinski definition) is 0. The van der Waals surface area contributed by atoms with Gasteiger partial charge >= 0.3 is 0 Å². The first kappa shape index (κ1) is 18.5. The number of amides is 2. The summed E-state index contributed by atoms with van der Waals surface area (Å²) in [5.74, 6) is 1.68. The van der Waals surface area contributed by atoms with Crippen LogP contribution in [0.5, 0.6) is 0 Å². The molecule has 1 aliphatic carbocycles. The lowest BCUT2D eigenvalue weighted by Crippen LogP contribution is -2.39. The van der Waals surface area contributed by atoms with E-state index in [1.54, 1.807) is 0 Å². The van der Waals surface area contributed by atoms with E-state index in [0.717, 1.165) is 62.5 Å². The molecule has 1 spiro atoms. The number of carbonyl (C=O) groups is 2. The molecule has 3 fully saturated rings. The van der Waals surface area contributed by atoms with E-state index in [-0.39, 0.29) is 11.3 Å². The molecule has 1 saturated carbocycles. The quantitative estimate of drug-likeness (QED) is 0.796. The summed E-state index contributed by atoms with van der Waals surface area (Å²) in [5, 5.41) is 3.97. The summed E-state index contributed by atoms with van der Waals surface area (Å²) in [6.45, 7) is 7.27. The molecule has 1 aromatic heterocycles. The third-order valence-corrected chi connectivity index (χ3v) is 7.19. The Morgan fingerprint density at radius 2 is 1.85 bits per heavy atom. The fraction of sp³-hybridized carbons (Fsp3) is 0.762. The third-order valence-electron chi connectivity index (χ3n) is 7.19. The summed E-state index contributed by atoms with van der Waals surface area (Å²) in [6.07, 6.45) is 7.86. The van der Waals surface area contributed by atoms with E-state index in [9.17, 15) is 9.59 Å². The second-order valence-electron chi connectivity index (χ2n) is 8.79. The molecule has 4 rings (SSSR count). The number of aryl methyl sites for hydroxylation is 2. The molecule has 1 unspecified atom stereocenters. The normalized spacial score (nSPS) is 23.9. The highest BCUT2D eigenvalue weighted by Crippen LogP contribution is 2.53. The minimum Gasteiger partial charge on any atom is -0.361 e. The van der Waals surface area contributed by atoms with Gasteiger partial charge in [0.25, 0.3) is 0 Å². The molecular formula is C21H31N3O3. The summed E-state index contributed by atoms with van der Waals surface area (Å²) >= 11 is 0. The van der Waals surface area contributed by atoms with Gasteiger partial charge < -0.3 is 14.3 Å². The molecule has 6 nitrogen and oxygen atoms in total. The van der Waals surface area contributed by atoms with Gasteiger partial charge in [0.05, 0.1) is 12.1 Å². The van der Waals surface area contributed by atoms with Crippen molar-refractivity contribution in [1.29, 1.82) is 0 Å². The van der Waals surface area contributed by atoms with Crippen LogP contribution in [0.3, 0.4) is 0 Å². The Morgan fingerprint density at radius 1 is 1.11 bits per heavy atom. The number of carbonyl (C=O) groups excluding carboxylic acids is 2. The van der Waals surface area contributed by atoms with Crippen molar-refractivity contribution >= 4 is 11.8 Å². The molecule has 2 saturated heterocycles. The van der Waals surface area contributed by atoms with Crippen LogP contribution in [0.25, 0.3) is 0 Å². The molecule has 148 valence electrons. The van der Waals surface area contributed by atoms with Gasteiger partial charge in [-0.2, -0.15) is 0 Å². The lowest BCUT2D eigenvalue weighted by molar-refractivity contribution is -0.131. The maximum Gasteiger partial charge on any atom is 0.227 e. The fourth-order valence-electron chi connectivity index (χ4n) is 5.26. The standard InChI is InChI=1S/C21H31N3O3/c1-15-18(16(2)27-22-15)12-20(26)24-13-17(21(14-24)8-5-9-21)6-7-19(25)23-10-3-4-11-23/h17H,3-14H2,1-2H3. The van der Waals surface area contributed by atoms with E-state index in [1.165, 1.54) is 19.3 Å². The van der Waals surface area contributed by atoms with Gasteiger partial charge in [-0.05, 0) is 57.3 Å². The van der Waals surface area contributed by atoms with Crippen LogP contribution in [0.2, 0.25) is 0 Å². The average Bonchev–Trinajstić information content (AvgIpc) is 3.34. The smallest absolute Gasteiger partial charge is 0.227 e. The lowest BCUT2D eigenvalue weighted by Gasteiger charge is -2.43. The Balaban J connectivity index is 1.37. The molecule has 1 aromatic rings. The molecule has 27 heavy (non-hydrogen) atoms. The van der Waals surface area contributed by atoms with Crippen molar-refractivity contribution in [3.63, 3.8) is 0 Å². The molecule has 3 aliphatic rings. The Labute approximate surface area is 161 Å². The van der Waals surface area contributed by atoms with Crippen LogP contribution < -0.4 is 0 Å². The van der Waals surface area contributed by atoms with Crippen molar-refractivity contribution in [2.45, 2.75) is 65.2 Å². The summed E-state index contributed by atoms with van der Waals surface area (Å²) in [6, 6.07) is 0. The van der Waals surface area contributed by atoms with Gasteiger partial charge in [-0.25, -0.2) is 0 Å². The monoisotopic (exact) mass is 373 g/mol. The van der Waals surface area contributed by atoms with Crippen molar-refractivity contribution in [2.75, 3.05) is 26.2 Å². The van der Waals surface area contributed by atoms with Crippen LogP contribution in [-0.2, 0) is 16.0 Å². The number of rotatable bonds is 5. The zero-order chi connectivity index (χ0) is 19.0. The molecule has 6 heteroatoms. The first-order valence-corrected chi connectivity index (χ1v) is 10.5. The summed E-state index contributed by atoms with van der Waals surface area (Å²) in [4.78, 5) is 29.4. The highest BCUT2D eigenvalue weighted by Gasteiger charge is 2.51. The Bertz CT molecular complexity index is 697. The maximum absolute atomic E-state index is 12.9. The van der Waals surface area contributed by atoms with Crippen molar-refractivity contribution < 1.29 is 14.1 Å². The van der Waals surface area contributed by atoms with E-state index in [4.69, 9.17) is 4.52 Å². The zero-order valence-electron chi connectivity index (χ0n) is 16.6. The van der Waals surface area contributed by atoms with Gasteiger partial charge in [0.1, 0.15) is 5.76 Å². The van der Waals surface area contributed by atoms with Crippen LogP contribution in [0.15, 0.2) is 4.52 Å². The highest BCUT2D eigenvalue weighted by atomic mass is 16.5. The largest absolute Gasteiger partial charge is 0.361 e. The number of hydrogen-bond acceptors (Lipinski definition) is 4. The van der Waals surface area contributed by atoms with Crippen LogP contribution in [0.4, 0.5) is 0 Å².